The lowest BCUT2D eigenvalue weighted by Gasteiger charge is -2.31. The van der Waals surface area contributed by atoms with Gasteiger partial charge in [-0.25, -0.2) is 4.90 Å². The van der Waals surface area contributed by atoms with Gasteiger partial charge in [0.05, 0.1) is 16.6 Å². The summed E-state index contributed by atoms with van der Waals surface area (Å²) < 4.78 is 2.25. The van der Waals surface area contributed by atoms with Crippen LogP contribution in [0, 0.1) is 5.92 Å². The molecule has 43 heavy (non-hydrogen) atoms. The first-order valence-corrected chi connectivity index (χ1v) is 16.5. The first kappa shape index (κ1) is 29.9. The van der Waals surface area contributed by atoms with Crippen LogP contribution in [0.3, 0.4) is 0 Å². The molecule has 0 saturated carbocycles. The average Bonchev–Trinajstić information content (AvgIpc) is 3.40. The number of aromatic nitrogens is 1. The number of rotatable bonds is 5. The molecule has 7 nitrogen and oxygen atoms in total. The second kappa shape index (κ2) is 11.4. The maximum Gasteiger partial charge on any atom is 0.308 e. The molecule has 11 heteroatoms. The van der Waals surface area contributed by atoms with Crippen molar-refractivity contribution in [3.8, 4) is 0 Å². The van der Waals surface area contributed by atoms with Gasteiger partial charge in [-0.05, 0) is 65.1 Å². The van der Waals surface area contributed by atoms with Gasteiger partial charge in [-0.1, -0.05) is 95.7 Å². The minimum Gasteiger partial charge on any atom is -0.325 e. The van der Waals surface area contributed by atoms with Gasteiger partial charge in [0.15, 0.2) is 0 Å². The van der Waals surface area contributed by atoms with Gasteiger partial charge in [-0.15, -0.1) is 0 Å². The molecular weight excluding hydrogens is 670 g/mol. The molecule has 1 aromatic heterocycles. The molecule has 4 aromatic rings. The largest absolute Gasteiger partial charge is 0.325 e. The topological polar surface area (TPSA) is 88.5 Å². The van der Waals surface area contributed by atoms with Crippen molar-refractivity contribution in [2.24, 2.45) is 5.92 Å². The second-order valence-electron chi connectivity index (χ2n) is 11.6. The highest BCUT2D eigenvalue weighted by Gasteiger charge is 2.56. The Balaban J connectivity index is 1.41. The van der Waals surface area contributed by atoms with Crippen LogP contribution in [0.5, 0.6) is 0 Å². The maximum absolute atomic E-state index is 14.1. The van der Waals surface area contributed by atoms with Gasteiger partial charge in [-0.3, -0.25) is 23.7 Å². The Morgan fingerprint density at radius 2 is 1.58 bits per heavy atom. The van der Waals surface area contributed by atoms with Crippen LogP contribution in [0.25, 0.3) is 0 Å². The molecule has 6 rings (SSSR count). The fourth-order valence-corrected chi connectivity index (χ4v) is 8.69. The standard InChI is InChI=1S/C32H27BrClN3O4S2/c1-32(2,3)18-6-4-17(5-7-18)24-25-26(29(40)37(28(25)39)22-14-8-19(33)9-15-22)42-30-27(24)43-31(41)36(30)16-23(38)35-21-12-10-20(34)11-13-21/h4-15,24-26H,16H2,1-3H3,(H,35,38). The maximum atomic E-state index is 14.1. The van der Waals surface area contributed by atoms with Crippen molar-refractivity contribution < 1.29 is 14.4 Å². The number of carbonyl (C=O) groups excluding carboxylic acids is 3. The number of nitrogens with one attached hydrogen (secondary N) is 1. The number of anilines is 2. The Kier molecular flexibility index (Phi) is 7.91. The minimum atomic E-state index is -0.754. The van der Waals surface area contributed by atoms with E-state index in [-0.39, 0.29) is 34.6 Å². The summed E-state index contributed by atoms with van der Waals surface area (Å²) in [5, 5.41) is 3.14. The molecule has 2 aliphatic rings. The fraction of sp³-hybridized carbons (Fsp3) is 0.250. The van der Waals surface area contributed by atoms with Crippen LogP contribution in [0.2, 0.25) is 5.02 Å². The number of carbonyl (C=O) groups is 3. The number of amides is 3. The van der Waals surface area contributed by atoms with E-state index in [1.807, 2.05) is 24.3 Å². The van der Waals surface area contributed by atoms with Crippen molar-refractivity contribution >= 4 is 79.7 Å². The van der Waals surface area contributed by atoms with Crippen LogP contribution >= 0.6 is 50.6 Å². The summed E-state index contributed by atoms with van der Waals surface area (Å²) in [4.78, 5) is 56.1. The second-order valence-corrected chi connectivity index (χ2v) is 15.1. The lowest BCUT2D eigenvalue weighted by atomic mass is 9.81. The monoisotopic (exact) mass is 695 g/mol. The number of fused-ring (bicyclic) bond motifs is 2. The molecule has 0 bridgehead atoms. The van der Waals surface area contributed by atoms with Gasteiger partial charge in [-0.2, -0.15) is 0 Å². The Morgan fingerprint density at radius 1 is 0.930 bits per heavy atom. The first-order chi connectivity index (χ1) is 20.4. The highest BCUT2D eigenvalue weighted by Crippen LogP contribution is 2.54. The Labute approximate surface area is 270 Å². The average molecular weight is 697 g/mol. The highest BCUT2D eigenvalue weighted by atomic mass is 79.9. The van der Waals surface area contributed by atoms with Gasteiger partial charge in [0.2, 0.25) is 17.7 Å². The third-order valence-electron chi connectivity index (χ3n) is 7.70. The quantitative estimate of drug-likeness (QED) is 0.226. The third kappa shape index (κ3) is 5.61. The number of thiazole rings is 1. The third-order valence-corrected chi connectivity index (χ3v) is 11.1. The summed E-state index contributed by atoms with van der Waals surface area (Å²) >= 11 is 11.6. The van der Waals surface area contributed by atoms with Crippen molar-refractivity contribution in [2.75, 3.05) is 10.2 Å². The van der Waals surface area contributed by atoms with Crippen molar-refractivity contribution in [2.45, 2.75) is 48.9 Å². The fourth-order valence-electron chi connectivity index (χ4n) is 5.53. The summed E-state index contributed by atoms with van der Waals surface area (Å²) in [6, 6.07) is 21.8. The van der Waals surface area contributed by atoms with Crippen LogP contribution in [0.1, 0.15) is 42.7 Å². The predicted octanol–water partition coefficient (Wildman–Crippen LogP) is 7.06. The summed E-state index contributed by atoms with van der Waals surface area (Å²) in [6.45, 7) is 6.16. The number of thioether (sulfide) groups is 1. The SMILES string of the molecule is CC(C)(C)c1ccc(C2c3sc(=O)n(CC(=O)Nc4ccc(Cl)cc4)c3SC3C(=O)N(c4ccc(Br)cc4)C(=O)C32)cc1. The molecular formula is C32H27BrClN3O4S2. The smallest absolute Gasteiger partial charge is 0.308 e. The molecule has 1 N–H and O–H groups in total. The predicted molar refractivity (Wildman–Crippen MR) is 175 cm³/mol. The van der Waals surface area contributed by atoms with Gasteiger partial charge in [0, 0.05) is 26.0 Å². The Hall–Kier alpha value is -3.18. The zero-order chi connectivity index (χ0) is 30.6. The van der Waals surface area contributed by atoms with E-state index in [9.17, 15) is 19.2 Å². The van der Waals surface area contributed by atoms with Crippen LogP contribution in [0.15, 0.2) is 87.1 Å². The molecule has 0 radical (unpaired) electrons. The lowest BCUT2D eigenvalue weighted by Crippen LogP contribution is -2.33. The summed E-state index contributed by atoms with van der Waals surface area (Å²) in [5.41, 5.74) is 2.96. The molecule has 3 amide bonds. The van der Waals surface area contributed by atoms with E-state index in [0.29, 0.717) is 26.3 Å². The van der Waals surface area contributed by atoms with E-state index in [0.717, 1.165) is 26.9 Å². The van der Waals surface area contributed by atoms with Gasteiger partial charge in [0.25, 0.3) is 0 Å². The first-order valence-electron chi connectivity index (χ1n) is 13.6. The van der Waals surface area contributed by atoms with Gasteiger partial charge >= 0.3 is 4.87 Å². The molecule has 3 heterocycles. The molecule has 0 aliphatic carbocycles. The normalized spacial score (nSPS) is 19.7. The summed E-state index contributed by atoms with van der Waals surface area (Å²) in [6.07, 6.45) is 0. The molecule has 2 aliphatic heterocycles. The van der Waals surface area contributed by atoms with Crippen molar-refractivity contribution in [1.29, 1.82) is 0 Å². The highest BCUT2D eigenvalue weighted by molar-refractivity contribution is 9.10. The summed E-state index contributed by atoms with van der Waals surface area (Å²) in [5.74, 6) is -2.24. The molecule has 3 atom stereocenters. The van der Waals surface area contributed by atoms with Crippen molar-refractivity contribution in [1.82, 2.24) is 4.57 Å². The van der Waals surface area contributed by atoms with Crippen molar-refractivity contribution in [3.05, 3.63) is 108 Å². The van der Waals surface area contributed by atoms with E-state index >= 15 is 0 Å². The van der Waals surface area contributed by atoms with E-state index in [1.54, 1.807) is 48.5 Å². The van der Waals surface area contributed by atoms with Gasteiger partial charge < -0.3 is 5.32 Å². The van der Waals surface area contributed by atoms with E-state index in [1.165, 1.54) is 21.2 Å². The Bertz CT molecular complexity index is 1790. The number of hydrogen-bond acceptors (Lipinski definition) is 6. The number of imide groups is 1. The Morgan fingerprint density at radius 3 is 2.21 bits per heavy atom. The molecule has 3 unspecified atom stereocenters. The van der Waals surface area contributed by atoms with Crippen LogP contribution < -0.4 is 15.1 Å². The molecule has 1 saturated heterocycles. The van der Waals surface area contributed by atoms with Crippen molar-refractivity contribution in [3.63, 3.8) is 0 Å². The van der Waals surface area contributed by atoms with Crippen LogP contribution in [0.4, 0.5) is 11.4 Å². The number of hydrogen-bond donors (Lipinski definition) is 1. The van der Waals surface area contributed by atoms with E-state index in [2.05, 4.69) is 42.0 Å². The molecule has 220 valence electrons. The molecule has 3 aromatic carbocycles. The van der Waals surface area contributed by atoms with Crippen LogP contribution in [-0.4, -0.2) is 27.5 Å². The lowest BCUT2D eigenvalue weighted by molar-refractivity contribution is -0.122. The summed E-state index contributed by atoms with van der Waals surface area (Å²) in [7, 11) is 0. The zero-order valence-electron chi connectivity index (χ0n) is 23.5. The van der Waals surface area contributed by atoms with E-state index in [4.69, 9.17) is 11.6 Å². The zero-order valence-corrected chi connectivity index (χ0v) is 27.4. The van der Waals surface area contributed by atoms with E-state index < -0.39 is 17.1 Å². The molecule has 1 fully saturated rings. The van der Waals surface area contributed by atoms with Gasteiger partial charge in [0.1, 0.15) is 11.8 Å². The number of halogens is 2. The number of benzene rings is 3. The minimum absolute atomic E-state index is 0.0717. The van der Waals surface area contributed by atoms with Crippen LogP contribution in [-0.2, 0) is 26.3 Å². The number of nitrogens with zero attached hydrogens (tertiary/aromatic N) is 2. The molecule has 0 spiro atoms.